The Hall–Kier alpha value is -4.28. The molecule has 10 heteroatoms. The highest BCUT2D eigenvalue weighted by atomic mass is 32.2. The van der Waals surface area contributed by atoms with E-state index in [2.05, 4.69) is 5.32 Å². The van der Waals surface area contributed by atoms with E-state index in [0.717, 1.165) is 33.2 Å². The number of hydrogen-bond donors (Lipinski definition) is 1. The van der Waals surface area contributed by atoms with Crippen molar-refractivity contribution in [1.29, 1.82) is 0 Å². The molecule has 0 radical (unpaired) electrons. The highest BCUT2D eigenvalue weighted by molar-refractivity contribution is 7.98. The molecule has 4 rings (SSSR count). The van der Waals surface area contributed by atoms with Gasteiger partial charge < -0.3 is 15.0 Å². The molecule has 1 unspecified atom stereocenters. The number of para-hydroxylation sites is 2. The van der Waals surface area contributed by atoms with Crippen molar-refractivity contribution in [1.82, 2.24) is 10.2 Å². The molecule has 0 fully saturated rings. The van der Waals surface area contributed by atoms with Gasteiger partial charge in [0.1, 0.15) is 18.3 Å². The van der Waals surface area contributed by atoms with E-state index in [1.54, 1.807) is 48.5 Å². The number of sulfonamides is 1. The van der Waals surface area contributed by atoms with Crippen molar-refractivity contribution in [3.8, 4) is 5.75 Å². The van der Waals surface area contributed by atoms with E-state index in [4.69, 9.17) is 4.74 Å². The zero-order chi connectivity index (χ0) is 33.6. The summed E-state index contributed by atoms with van der Waals surface area (Å²) in [6.07, 6.45) is 3.88. The molecule has 1 atom stereocenters. The molecule has 0 saturated heterocycles. The lowest BCUT2D eigenvalue weighted by Gasteiger charge is -2.34. The molecule has 0 aliphatic heterocycles. The minimum Gasteiger partial charge on any atom is -0.492 e. The zero-order valence-electron chi connectivity index (χ0n) is 27.2. The molecule has 47 heavy (non-hydrogen) atoms. The molecule has 248 valence electrons. The van der Waals surface area contributed by atoms with Gasteiger partial charge in [-0.1, -0.05) is 86.1 Å². The average molecular weight is 674 g/mol. The number of thioether (sulfide) groups is 1. The summed E-state index contributed by atoms with van der Waals surface area (Å²) in [4.78, 5) is 31.0. The molecule has 0 saturated carbocycles. The minimum atomic E-state index is -4.25. The van der Waals surface area contributed by atoms with Crippen molar-refractivity contribution < 1.29 is 22.7 Å². The Bertz CT molecular complexity index is 1680. The van der Waals surface area contributed by atoms with Crippen LogP contribution in [0.1, 0.15) is 37.8 Å². The van der Waals surface area contributed by atoms with Crippen LogP contribution in [-0.2, 0) is 32.6 Å². The third-order valence-corrected chi connectivity index (χ3v) is 10.2. The van der Waals surface area contributed by atoms with Crippen LogP contribution in [0.2, 0.25) is 0 Å². The molecule has 0 aromatic heterocycles. The molecule has 1 N–H and O–H groups in total. The smallest absolute Gasteiger partial charge is 0.264 e. The van der Waals surface area contributed by atoms with Crippen LogP contribution in [0.5, 0.6) is 5.75 Å². The summed E-state index contributed by atoms with van der Waals surface area (Å²) >= 11 is 1.50. The summed E-state index contributed by atoms with van der Waals surface area (Å²) in [6.45, 7) is 4.21. The maximum absolute atomic E-state index is 14.6. The number of nitrogens with zero attached hydrogens (tertiary/aromatic N) is 2. The average Bonchev–Trinajstić information content (AvgIpc) is 3.10. The van der Waals surface area contributed by atoms with Gasteiger partial charge in [0.25, 0.3) is 10.0 Å². The van der Waals surface area contributed by atoms with E-state index in [1.807, 2.05) is 80.8 Å². The fraction of sp³-hybridized carbons (Fsp3) is 0.297. The first-order valence-corrected chi connectivity index (χ1v) is 18.5. The lowest BCUT2D eigenvalue weighted by molar-refractivity contribution is -0.140. The van der Waals surface area contributed by atoms with Crippen LogP contribution >= 0.6 is 11.8 Å². The number of benzene rings is 4. The standard InChI is InChI=1S/C37H43N3O5S2/c1-4-6-25-38-37(42)34(26-29-15-9-7-10-16-29)39(27-30-17-11-8-12-18-30)36(41)28-40(33-19-13-14-20-35(33)45-5-2)47(43,44)32-23-21-31(46-3)22-24-32/h7-24,34H,4-6,25-28H2,1-3H3,(H,38,42). The number of anilines is 1. The van der Waals surface area contributed by atoms with E-state index in [0.29, 0.717) is 18.9 Å². The van der Waals surface area contributed by atoms with Crippen molar-refractivity contribution in [3.05, 3.63) is 120 Å². The Morgan fingerprint density at radius 2 is 1.45 bits per heavy atom. The predicted molar refractivity (Wildman–Crippen MR) is 189 cm³/mol. The molecule has 0 bridgehead atoms. The lowest BCUT2D eigenvalue weighted by Crippen LogP contribution is -2.53. The van der Waals surface area contributed by atoms with Crippen LogP contribution in [0.15, 0.2) is 119 Å². The third kappa shape index (κ3) is 9.62. The number of amides is 2. The summed E-state index contributed by atoms with van der Waals surface area (Å²) in [5.41, 5.74) is 1.94. The Kier molecular flexibility index (Phi) is 13.3. The van der Waals surface area contributed by atoms with Gasteiger partial charge in [-0.3, -0.25) is 13.9 Å². The van der Waals surface area contributed by atoms with E-state index in [1.165, 1.54) is 16.7 Å². The number of carbonyl (C=O) groups is 2. The Morgan fingerprint density at radius 3 is 2.06 bits per heavy atom. The van der Waals surface area contributed by atoms with E-state index in [9.17, 15) is 18.0 Å². The normalized spacial score (nSPS) is 11.8. The van der Waals surface area contributed by atoms with Gasteiger partial charge in [0.05, 0.1) is 17.2 Å². The van der Waals surface area contributed by atoms with Gasteiger partial charge in [0.2, 0.25) is 11.8 Å². The number of carbonyl (C=O) groups excluding carboxylic acids is 2. The highest BCUT2D eigenvalue weighted by Gasteiger charge is 2.35. The predicted octanol–water partition coefficient (Wildman–Crippen LogP) is 6.56. The zero-order valence-corrected chi connectivity index (χ0v) is 28.8. The van der Waals surface area contributed by atoms with Crippen LogP contribution < -0.4 is 14.4 Å². The molecular formula is C37H43N3O5S2. The summed E-state index contributed by atoms with van der Waals surface area (Å²) in [5.74, 6) is -0.473. The first-order valence-electron chi connectivity index (χ1n) is 15.8. The molecule has 0 aliphatic rings. The van der Waals surface area contributed by atoms with Gasteiger partial charge in [-0.25, -0.2) is 8.42 Å². The number of ether oxygens (including phenoxy) is 1. The van der Waals surface area contributed by atoms with Crippen LogP contribution in [-0.4, -0.2) is 57.1 Å². The van der Waals surface area contributed by atoms with Gasteiger partial charge in [0.15, 0.2) is 0 Å². The van der Waals surface area contributed by atoms with Crippen molar-refractivity contribution >= 4 is 39.3 Å². The lowest BCUT2D eigenvalue weighted by atomic mass is 10.0. The molecule has 0 heterocycles. The van der Waals surface area contributed by atoms with Gasteiger partial charge in [0, 0.05) is 24.4 Å². The summed E-state index contributed by atoms with van der Waals surface area (Å²) < 4.78 is 35.7. The fourth-order valence-corrected chi connectivity index (χ4v) is 7.00. The Morgan fingerprint density at radius 1 is 0.830 bits per heavy atom. The second-order valence-electron chi connectivity index (χ2n) is 10.9. The van der Waals surface area contributed by atoms with Crippen molar-refractivity contribution in [2.24, 2.45) is 0 Å². The summed E-state index contributed by atoms with van der Waals surface area (Å²) in [5, 5.41) is 3.02. The summed E-state index contributed by atoms with van der Waals surface area (Å²) in [7, 11) is -4.25. The first kappa shape index (κ1) is 35.6. The molecular weight excluding hydrogens is 631 g/mol. The maximum atomic E-state index is 14.6. The molecule has 0 aliphatic carbocycles. The van der Waals surface area contributed by atoms with Crippen LogP contribution in [0, 0.1) is 0 Å². The number of rotatable bonds is 17. The van der Waals surface area contributed by atoms with E-state index >= 15 is 0 Å². The van der Waals surface area contributed by atoms with Crippen molar-refractivity contribution in [2.45, 2.75) is 55.5 Å². The van der Waals surface area contributed by atoms with Gasteiger partial charge in [-0.2, -0.15) is 0 Å². The first-order chi connectivity index (χ1) is 22.8. The number of unbranched alkanes of at least 4 members (excludes halogenated alkanes) is 1. The quantitative estimate of drug-likeness (QED) is 0.101. The van der Waals surface area contributed by atoms with Crippen LogP contribution in [0.25, 0.3) is 0 Å². The molecule has 0 spiro atoms. The summed E-state index contributed by atoms with van der Waals surface area (Å²) in [6, 6.07) is 31.4. The van der Waals surface area contributed by atoms with E-state index in [-0.39, 0.29) is 29.5 Å². The minimum absolute atomic E-state index is 0.0437. The fourth-order valence-electron chi connectivity index (χ4n) is 5.17. The van der Waals surface area contributed by atoms with Crippen molar-refractivity contribution in [3.63, 3.8) is 0 Å². The third-order valence-electron chi connectivity index (χ3n) is 7.66. The number of hydrogen-bond acceptors (Lipinski definition) is 6. The molecule has 8 nitrogen and oxygen atoms in total. The van der Waals surface area contributed by atoms with E-state index < -0.39 is 28.5 Å². The Balaban J connectivity index is 1.81. The molecule has 4 aromatic carbocycles. The van der Waals surface area contributed by atoms with Crippen molar-refractivity contribution in [2.75, 3.05) is 30.3 Å². The molecule has 2 amide bonds. The van der Waals surface area contributed by atoms with Gasteiger partial charge in [-0.15, -0.1) is 11.8 Å². The highest BCUT2D eigenvalue weighted by Crippen LogP contribution is 2.33. The van der Waals surface area contributed by atoms with Crippen LogP contribution in [0.3, 0.4) is 0 Å². The second-order valence-corrected chi connectivity index (χ2v) is 13.7. The monoisotopic (exact) mass is 673 g/mol. The largest absolute Gasteiger partial charge is 0.492 e. The SMILES string of the molecule is CCCCNC(=O)C(Cc1ccccc1)N(Cc1ccccc1)C(=O)CN(c1ccccc1OCC)S(=O)(=O)c1ccc(SC)cc1. The number of nitrogens with one attached hydrogen (secondary N) is 1. The topological polar surface area (TPSA) is 96.0 Å². The Labute approximate surface area is 283 Å². The van der Waals surface area contributed by atoms with Crippen LogP contribution in [0.4, 0.5) is 5.69 Å². The second kappa shape index (κ2) is 17.6. The van der Waals surface area contributed by atoms with Gasteiger partial charge in [-0.05, 0) is 67.1 Å². The maximum Gasteiger partial charge on any atom is 0.264 e. The molecule has 4 aromatic rings. The van der Waals surface area contributed by atoms with Gasteiger partial charge >= 0.3 is 0 Å².